The van der Waals surface area contributed by atoms with E-state index < -0.39 is 0 Å². The topological polar surface area (TPSA) is 30.1 Å². The van der Waals surface area contributed by atoms with Gasteiger partial charge in [0.1, 0.15) is 0 Å². The molecule has 0 saturated heterocycles. The first kappa shape index (κ1) is 30.9. The van der Waals surface area contributed by atoms with Gasteiger partial charge in [-0.1, -0.05) is 158 Å². The zero-order chi connectivity index (χ0) is 34.9. The number of nitrogens with zero attached hydrogens (tertiary/aromatic N) is 3. The van der Waals surface area contributed by atoms with Crippen molar-refractivity contribution in [2.45, 2.75) is 0 Å². The minimum absolute atomic E-state index is 0.641. The number of aromatic nitrogens is 2. The molecule has 0 saturated carbocycles. The second kappa shape index (κ2) is 13.3. The Morgan fingerprint density at radius 3 is 1.42 bits per heavy atom. The lowest BCUT2D eigenvalue weighted by Crippen LogP contribution is -1.95. The summed E-state index contributed by atoms with van der Waals surface area (Å²) in [6.07, 6.45) is 0. The molecule has 242 valence electrons. The molecule has 0 spiro atoms. The van der Waals surface area contributed by atoms with E-state index in [4.69, 9.17) is 16.5 Å². The SMILES string of the molecule is [C-]#[N+]c1ccc(-c2cc(-c3cc(-c4ccc(-c5cc(-c6ccccc6)nc(-c6ccccc6)n5)cc4)cc4ccccc34)cc3ccccc23)cc1. The quantitative estimate of drug-likeness (QED) is 0.166. The van der Waals surface area contributed by atoms with Gasteiger partial charge >= 0.3 is 0 Å². The summed E-state index contributed by atoms with van der Waals surface area (Å²) in [6.45, 7) is 7.42. The van der Waals surface area contributed by atoms with Crippen LogP contribution in [-0.2, 0) is 0 Å². The minimum atomic E-state index is 0.641. The average molecular weight is 662 g/mol. The number of rotatable bonds is 6. The standard InChI is InChI=1S/C49H31N3/c1-50-42-26-24-34(25-27-42)45-31-41(29-39-17-9-10-18-43(39)45)46-30-40(28-38-16-8-11-19-44(38)46)33-20-22-36(23-21-33)48-32-47(35-12-4-2-5-13-35)51-49(52-48)37-14-6-3-7-15-37/h2-32H. The van der Waals surface area contributed by atoms with Crippen molar-refractivity contribution in [3.05, 3.63) is 199 Å². The van der Waals surface area contributed by atoms with Crippen LogP contribution in [0.25, 0.3) is 93.7 Å². The fraction of sp³-hybridized carbons (Fsp3) is 0. The highest BCUT2D eigenvalue weighted by Gasteiger charge is 2.14. The summed E-state index contributed by atoms with van der Waals surface area (Å²) in [6, 6.07) is 65.5. The maximum atomic E-state index is 7.42. The summed E-state index contributed by atoms with van der Waals surface area (Å²) >= 11 is 0. The lowest BCUT2D eigenvalue weighted by molar-refractivity contribution is 1.18. The molecule has 8 aromatic carbocycles. The van der Waals surface area contributed by atoms with Crippen LogP contribution in [0, 0.1) is 6.57 Å². The van der Waals surface area contributed by atoms with Crippen molar-refractivity contribution >= 4 is 27.2 Å². The van der Waals surface area contributed by atoms with E-state index in [0.717, 1.165) is 55.9 Å². The summed E-state index contributed by atoms with van der Waals surface area (Å²) in [7, 11) is 0. The van der Waals surface area contributed by atoms with Crippen LogP contribution in [0.15, 0.2) is 188 Å². The highest BCUT2D eigenvalue weighted by atomic mass is 14.9. The lowest BCUT2D eigenvalue weighted by atomic mass is 9.89. The molecule has 0 fully saturated rings. The third-order valence-electron chi connectivity index (χ3n) is 9.68. The molecular weight excluding hydrogens is 631 g/mol. The Balaban J connectivity index is 1.15. The molecule has 0 atom stereocenters. The molecule has 3 nitrogen and oxygen atoms in total. The largest absolute Gasteiger partial charge is 0.238 e. The first-order chi connectivity index (χ1) is 25.7. The maximum Gasteiger partial charge on any atom is 0.187 e. The zero-order valence-electron chi connectivity index (χ0n) is 28.2. The number of hydrogen-bond acceptors (Lipinski definition) is 2. The van der Waals surface area contributed by atoms with Gasteiger partial charge in [0.2, 0.25) is 0 Å². The predicted octanol–water partition coefficient (Wildman–Crippen LogP) is 13.3. The summed E-state index contributed by atoms with van der Waals surface area (Å²) in [5.74, 6) is 0.706. The molecule has 0 N–H and O–H groups in total. The summed E-state index contributed by atoms with van der Waals surface area (Å²) in [5.41, 5.74) is 12.3. The van der Waals surface area contributed by atoms with Gasteiger partial charge in [-0.2, -0.15) is 0 Å². The average Bonchev–Trinajstić information content (AvgIpc) is 3.23. The zero-order valence-corrected chi connectivity index (χ0v) is 28.2. The molecule has 0 radical (unpaired) electrons. The molecule has 0 amide bonds. The van der Waals surface area contributed by atoms with Crippen LogP contribution in [0.2, 0.25) is 0 Å². The van der Waals surface area contributed by atoms with Gasteiger partial charge in [-0.25, -0.2) is 14.8 Å². The molecule has 3 heteroatoms. The number of hydrogen-bond donors (Lipinski definition) is 0. The molecule has 0 bridgehead atoms. The Morgan fingerprint density at radius 1 is 0.346 bits per heavy atom. The van der Waals surface area contributed by atoms with E-state index in [0.29, 0.717) is 11.5 Å². The van der Waals surface area contributed by atoms with E-state index in [1.54, 1.807) is 0 Å². The normalized spacial score (nSPS) is 11.1. The Hall–Kier alpha value is -7.15. The summed E-state index contributed by atoms with van der Waals surface area (Å²) in [5, 5.41) is 4.76. The van der Waals surface area contributed by atoms with Gasteiger partial charge < -0.3 is 0 Å². The first-order valence-corrected chi connectivity index (χ1v) is 17.3. The first-order valence-electron chi connectivity index (χ1n) is 17.3. The predicted molar refractivity (Wildman–Crippen MR) is 216 cm³/mol. The Kier molecular flexibility index (Phi) is 7.89. The molecule has 9 rings (SSSR count). The van der Waals surface area contributed by atoms with Crippen molar-refractivity contribution in [1.82, 2.24) is 9.97 Å². The van der Waals surface area contributed by atoms with E-state index in [1.807, 2.05) is 48.5 Å². The Morgan fingerprint density at radius 2 is 0.808 bits per heavy atom. The fourth-order valence-corrected chi connectivity index (χ4v) is 7.04. The van der Waals surface area contributed by atoms with Crippen molar-refractivity contribution in [2.75, 3.05) is 0 Å². The minimum Gasteiger partial charge on any atom is -0.238 e. The third kappa shape index (κ3) is 5.89. The molecule has 9 aromatic rings. The van der Waals surface area contributed by atoms with Crippen molar-refractivity contribution in [2.24, 2.45) is 0 Å². The summed E-state index contributed by atoms with van der Waals surface area (Å²) in [4.78, 5) is 13.6. The monoisotopic (exact) mass is 661 g/mol. The second-order valence-corrected chi connectivity index (χ2v) is 12.9. The second-order valence-electron chi connectivity index (χ2n) is 12.9. The van der Waals surface area contributed by atoms with Gasteiger partial charge in [-0.3, -0.25) is 0 Å². The molecule has 52 heavy (non-hydrogen) atoms. The molecule has 0 aliphatic carbocycles. The van der Waals surface area contributed by atoms with Crippen LogP contribution >= 0.6 is 0 Å². The van der Waals surface area contributed by atoms with Gasteiger partial charge in [-0.15, -0.1) is 0 Å². The van der Waals surface area contributed by atoms with Crippen molar-refractivity contribution in [1.29, 1.82) is 0 Å². The van der Waals surface area contributed by atoms with Crippen molar-refractivity contribution in [3.63, 3.8) is 0 Å². The molecule has 0 aliphatic rings. The van der Waals surface area contributed by atoms with E-state index in [2.05, 4.69) is 144 Å². The van der Waals surface area contributed by atoms with Crippen LogP contribution < -0.4 is 0 Å². The Bertz CT molecular complexity index is 2710. The highest BCUT2D eigenvalue weighted by Crippen LogP contribution is 2.40. The van der Waals surface area contributed by atoms with E-state index in [9.17, 15) is 0 Å². The Labute approximate surface area is 303 Å². The smallest absolute Gasteiger partial charge is 0.187 e. The third-order valence-corrected chi connectivity index (χ3v) is 9.68. The van der Waals surface area contributed by atoms with Gasteiger partial charge in [0, 0.05) is 16.7 Å². The van der Waals surface area contributed by atoms with Gasteiger partial charge in [0.25, 0.3) is 0 Å². The molecule has 0 unspecified atom stereocenters. The van der Waals surface area contributed by atoms with Gasteiger partial charge in [0.15, 0.2) is 11.5 Å². The van der Waals surface area contributed by atoms with Crippen LogP contribution in [0.1, 0.15) is 0 Å². The van der Waals surface area contributed by atoms with Gasteiger partial charge in [0.05, 0.1) is 18.0 Å². The van der Waals surface area contributed by atoms with Crippen LogP contribution in [-0.4, -0.2) is 9.97 Å². The van der Waals surface area contributed by atoms with Crippen molar-refractivity contribution < 1.29 is 0 Å². The van der Waals surface area contributed by atoms with E-state index in [-0.39, 0.29) is 0 Å². The van der Waals surface area contributed by atoms with Gasteiger partial charge in [-0.05, 0) is 85.3 Å². The van der Waals surface area contributed by atoms with Crippen LogP contribution in [0.4, 0.5) is 5.69 Å². The lowest BCUT2D eigenvalue weighted by Gasteiger charge is -2.15. The van der Waals surface area contributed by atoms with Crippen LogP contribution in [0.3, 0.4) is 0 Å². The van der Waals surface area contributed by atoms with E-state index in [1.165, 1.54) is 27.1 Å². The van der Waals surface area contributed by atoms with Crippen LogP contribution in [0.5, 0.6) is 0 Å². The number of benzene rings is 8. The molecule has 1 aromatic heterocycles. The molecular formula is C49H31N3. The number of fused-ring (bicyclic) bond motifs is 2. The summed E-state index contributed by atoms with van der Waals surface area (Å²) < 4.78 is 0. The fourth-order valence-electron chi connectivity index (χ4n) is 7.04. The molecule has 1 heterocycles. The highest BCUT2D eigenvalue weighted by molar-refractivity contribution is 6.05. The molecule has 0 aliphatic heterocycles. The van der Waals surface area contributed by atoms with E-state index >= 15 is 0 Å². The van der Waals surface area contributed by atoms with Crippen molar-refractivity contribution in [3.8, 4) is 67.3 Å². The maximum absolute atomic E-state index is 7.42.